The molecule has 17 heavy (non-hydrogen) atoms. The lowest BCUT2D eigenvalue weighted by atomic mass is 10.2. The van der Waals surface area contributed by atoms with Gasteiger partial charge in [-0.3, -0.25) is 4.79 Å². The van der Waals surface area contributed by atoms with E-state index in [-0.39, 0.29) is 11.7 Å². The number of rotatable bonds is 3. The summed E-state index contributed by atoms with van der Waals surface area (Å²) in [6, 6.07) is 7.59. The van der Waals surface area contributed by atoms with E-state index in [4.69, 9.17) is 0 Å². The minimum Gasteiger partial charge on any atom is -0.492 e. The molecule has 2 rings (SSSR count). The summed E-state index contributed by atoms with van der Waals surface area (Å²) in [6.07, 6.45) is 0.369. The second-order valence-electron chi connectivity index (χ2n) is 3.46. The normalized spacial score (nSPS) is 10.5. The minimum absolute atomic E-state index is 0.0822. The number of carbonyl (C=O) groups is 1. The number of Topliss-reactive ketones (excluding diaryl/α,β-unsaturated/α-hetero) is 1. The molecule has 0 aliphatic heterocycles. The topological polar surface area (TPSA) is 50.2 Å². The molecule has 0 amide bonds. The summed E-state index contributed by atoms with van der Waals surface area (Å²) in [6.45, 7) is 1.76. The zero-order chi connectivity index (χ0) is 12.4. The maximum absolute atomic E-state index is 11.5. The molecule has 0 atom stereocenters. The fourth-order valence-corrected chi connectivity index (χ4v) is 2.76. The number of ketones is 1. The van der Waals surface area contributed by atoms with Crippen LogP contribution in [0.15, 0.2) is 28.7 Å². The molecule has 3 nitrogen and oxygen atoms in total. The van der Waals surface area contributed by atoms with Gasteiger partial charge >= 0.3 is 0 Å². The summed E-state index contributed by atoms with van der Waals surface area (Å²) in [7, 11) is 0. The van der Waals surface area contributed by atoms with Gasteiger partial charge in [0.25, 0.3) is 0 Å². The highest BCUT2D eigenvalue weighted by molar-refractivity contribution is 9.10. The Morgan fingerprint density at radius 1 is 1.53 bits per heavy atom. The van der Waals surface area contributed by atoms with Crippen LogP contribution in [0.2, 0.25) is 0 Å². The molecule has 2 aromatic rings. The van der Waals surface area contributed by atoms with E-state index in [1.54, 1.807) is 6.92 Å². The Hall–Kier alpha value is -1.20. The quantitative estimate of drug-likeness (QED) is 0.875. The van der Waals surface area contributed by atoms with Crippen molar-refractivity contribution in [1.82, 2.24) is 4.98 Å². The summed E-state index contributed by atoms with van der Waals surface area (Å²) < 4.78 is 0.938. The van der Waals surface area contributed by atoms with Crippen molar-refractivity contribution in [1.29, 1.82) is 0 Å². The molecule has 0 aliphatic carbocycles. The van der Waals surface area contributed by atoms with Gasteiger partial charge in [0.05, 0.1) is 0 Å². The van der Waals surface area contributed by atoms with Gasteiger partial charge in [0.1, 0.15) is 9.88 Å². The van der Waals surface area contributed by atoms with Crippen LogP contribution < -0.4 is 0 Å². The maximum Gasteiger partial charge on any atom is 0.233 e. The molecule has 0 fully saturated rings. The number of hydrogen-bond acceptors (Lipinski definition) is 4. The lowest BCUT2D eigenvalue weighted by Gasteiger charge is -1.95. The second-order valence-corrected chi connectivity index (χ2v) is 5.37. The second kappa shape index (κ2) is 4.98. The van der Waals surface area contributed by atoms with E-state index >= 15 is 0 Å². The first-order valence-corrected chi connectivity index (χ1v) is 6.71. The first-order valence-electron chi connectivity index (χ1n) is 5.10. The summed E-state index contributed by atoms with van der Waals surface area (Å²) in [4.78, 5) is 15.9. The summed E-state index contributed by atoms with van der Waals surface area (Å²) in [5.41, 5.74) is 0.884. The molecule has 0 bridgehead atoms. The SMILES string of the molecule is CCC(=O)c1sc(-c2cccc(Br)c2)nc1O. The molecule has 0 radical (unpaired) electrons. The number of aromatic hydroxyl groups is 1. The Labute approximate surface area is 111 Å². The largest absolute Gasteiger partial charge is 0.492 e. The maximum atomic E-state index is 11.5. The number of halogens is 1. The molecule has 0 spiro atoms. The van der Waals surface area contributed by atoms with Crippen LogP contribution >= 0.6 is 27.3 Å². The average molecular weight is 312 g/mol. The number of aromatic nitrogens is 1. The third-order valence-corrected chi connectivity index (χ3v) is 3.88. The van der Waals surface area contributed by atoms with Gasteiger partial charge in [-0.15, -0.1) is 11.3 Å². The molecule has 1 aromatic heterocycles. The van der Waals surface area contributed by atoms with E-state index in [1.807, 2.05) is 24.3 Å². The number of hydrogen-bond donors (Lipinski definition) is 1. The van der Waals surface area contributed by atoms with E-state index in [9.17, 15) is 9.90 Å². The van der Waals surface area contributed by atoms with E-state index in [0.717, 1.165) is 10.0 Å². The van der Waals surface area contributed by atoms with Gasteiger partial charge in [-0.1, -0.05) is 35.0 Å². The molecule has 1 aromatic carbocycles. The third kappa shape index (κ3) is 2.56. The predicted molar refractivity (Wildman–Crippen MR) is 71.5 cm³/mol. The van der Waals surface area contributed by atoms with Crippen LogP contribution in [-0.4, -0.2) is 15.9 Å². The van der Waals surface area contributed by atoms with E-state index in [2.05, 4.69) is 20.9 Å². The van der Waals surface area contributed by atoms with Crippen LogP contribution in [0.5, 0.6) is 5.88 Å². The van der Waals surface area contributed by atoms with Crippen LogP contribution in [0.3, 0.4) is 0 Å². The van der Waals surface area contributed by atoms with Gasteiger partial charge in [-0.05, 0) is 12.1 Å². The monoisotopic (exact) mass is 311 g/mol. The first kappa shape index (κ1) is 12.3. The molecule has 0 saturated heterocycles. The number of benzene rings is 1. The van der Waals surface area contributed by atoms with E-state index < -0.39 is 0 Å². The highest BCUT2D eigenvalue weighted by Crippen LogP contribution is 2.33. The summed E-state index contributed by atoms with van der Waals surface area (Å²) in [5, 5.41) is 10.3. The molecular formula is C12H10BrNO2S. The lowest BCUT2D eigenvalue weighted by Crippen LogP contribution is -1.92. The Balaban J connectivity index is 2.44. The van der Waals surface area contributed by atoms with Crippen LogP contribution in [-0.2, 0) is 0 Å². The Morgan fingerprint density at radius 2 is 2.29 bits per heavy atom. The number of thiazole rings is 1. The van der Waals surface area contributed by atoms with Crippen molar-refractivity contribution < 1.29 is 9.90 Å². The molecule has 1 heterocycles. The van der Waals surface area contributed by atoms with Crippen molar-refractivity contribution in [2.24, 2.45) is 0 Å². The lowest BCUT2D eigenvalue weighted by molar-refractivity contribution is 0.0989. The van der Waals surface area contributed by atoms with Gasteiger partial charge in [0.2, 0.25) is 5.88 Å². The summed E-state index contributed by atoms with van der Waals surface area (Å²) in [5.74, 6) is -0.252. The van der Waals surface area contributed by atoms with Crippen molar-refractivity contribution in [3.63, 3.8) is 0 Å². The van der Waals surface area contributed by atoms with Gasteiger partial charge in [0.15, 0.2) is 5.78 Å². The van der Waals surface area contributed by atoms with E-state index in [1.165, 1.54) is 11.3 Å². The number of carbonyl (C=O) groups excluding carboxylic acids is 1. The highest BCUT2D eigenvalue weighted by Gasteiger charge is 2.16. The van der Waals surface area contributed by atoms with Gasteiger partial charge in [0, 0.05) is 16.5 Å². The van der Waals surface area contributed by atoms with Crippen molar-refractivity contribution in [2.45, 2.75) is 13.3 Å². The fraction of sp³-hybridized carbons (Fsp3) is 0.167. The molecular weight excluding hydrogens is 302 g/mol. The molecule has 88 valence electrons. The van der Waals surface area contributed by atoms with Crippen LogP contribution in [0.25, 0.3) is 10.6 Å². The third-order valence-electron chi connectivity index (χ3n) is 2.26. The standard InChI is InChI=1S/C12H10BrNO2S/c1-2-9(15)10-11(16)14-12(17-10)7-4-3-5-8(13)6-7/h3-6,16H,2H2,1H3. The Morgan fingerprint density at radius 3 is 2.94 bits per heavy atom. The predicted octanol–water partition coefficient (Wildman–Crippen LogP) is 3.87. The van der Waals surface area contributed by atoms with Gasteiger partial charge in [-0.25, -0.2) is 4.98 Å². The molecule has 0 unspecified atom stereocenters. The molecule has 5 heteroatoms. The van der Waals surface area contributed by atoms with Crippen molar-refractivity contribution in [3.05, 3.63) is 33.6 Å². The zero-order valence-corrected chi connectivity index (χ0v) is 11.5. The van der Waals surface area contributed by atoms with Crippen molar-refractivity contribution in [3.8, 4) is 16.5 Å². The molecule has 0 saturated carbocycles. The van der Waals surface area contributed by atoms with Crippen LogP contribution in [0.1, 0.15) is 23.0 Å². The van der Waals surface area contributed by atoms with E-state index in [0.29, 0.717) is 16.3 Å². The van der Waals surface area contributed by atoms with Crippen molar-refractivity contribution >= 4 is 33.0 Å². The van der Waals surface area contributed by atoms with Crippen LogP contribution in [0.4, 0.5) is 0 Å². The number of nitrogens with zero attached hydrogens (tertiary/aromatic N) is 1. The summed E-state index contributed by atoms with van der Waals surface area (Å²) >= 11 is 4.60. The Kier molecular flexibility index (Phi) is 3.59. The van der Waals surface area contributed by atoms with Crippen LogP contribution in [0, 0.1) is 0 Å². The van der Waals surface area contributed by atoms with Gasteiger partial charge in [-0.2, -0.15) is 0 Å². The van der Waals surface area contributed by atoms with Crippen molar-refractivity contribution in [2.75, 3.05) is 0 Å². The van der Waals surface area contributed by atoms with Gasteiger partial charge < -0.3 is 5.11 Å². The average Bonchev–Trinajstić information content (AvgIpc) is 2.70. The minimum atomic E-state index is -0.170. The Bertz CT molecular complexity index is 565. The molecule has 1 N–H and O–H groups in total. The fourth-order valence-electron chi connectivity index (χ4n) is 1.40. The highest BCUT2D eigenvalue weighted by atomic mass is 79.9. The first-order chi connectivity index (χ1) is 8.11. The smallest absolute Gasteiger partial charge is 0.233 e. The zero-order valence-electron chi connectivity index (χ0n) is 9.11. The molecule has 0 aliphatic rings.